The maximum atomic E-state index is 11.7. The standard InChI is InChI=1S/C13H15NO4S/c1-8(13(18)19-9(2)12(16)17)14-11(15)10-6-4-3-5-7-10/h3-9H,1-2H3,(H,14,15)(H,16,17)/p-1/t8-,9-/m1/s1. The van der Waals surface area contributed by atoms with Gasteiger partial charge in [-0.3, -0.25) is 14.6 Å². The van der Waals surface area contributed by atoms with Crippen LogP contribution in [0.2, 0.25) is 0 Å². The molecule has 0 aliphatic rings. The smallest absolute Gasteiger partial charge is 0.316 e. The minimum absolute atomic E-state index is 0.401. The maximum Gasteiger partial charge on any atom is 0.316 e. The summed E-state index contributed by atoms with van der Waals surface area (Å²) < 4.78 is 0. The van der Waals surface area contributed by atoms with Crippen LogP contribution in [0.25, 0.3) is 0 Å². The molecular formula is C13H14NO4S-. The van der Waals surface area contributed by atoms with E-state index in [0.717, 1.165) is 0 Å². The van der Waals surface area contributed by atoms with E-state index in [9.17, 15) is 14.7 Å². The van der Waals surface area contributed by atoms with Gasteiger partial charge < -0.3 is 10.2 Å². The number of carboxylic acid groups (broad SMARTS) is 1. The first-order chi connectivity index (χ1) is 8.91. The number of carboxylic acids is 1. The molecule has 0 saturated carbocycles. The molecular weight excluding hydrogens is 266 g/mol. The van der Waals surface area contributed by atoms with Crippen molar-refractivity contribution in [3.05, 3.63) is 35.9 Å². The molecule has 0 unspecified atom stereocenters. The molecule has 1 N–H and O–H groups in total. The molecule has 19 heavy (non-hydrogen) atoms. The van der Waals surface area contributed by atoms with Crippen LogP contribution in [0.5, 0.6) is 0 Å². The van der Waals surface area contributed by atoms with Crippen molar-refractivity contribution >= 4 is 28.7 Å². The molecule has 0 amide bonds. The lowest BCUT2D eigenvalue weighted by molar-refractivity contribution is -0.213. The number of nitrogens with zero attached hydrogens (tertiary/aromatic N) is 1. The van der Waals surface area contributed by atoms with Crippen molar-refractivity contribution in [1.82, 2.24) is 0 Å². The Labute approximate surface area is 115 Å². The molecule has 0 aromatic heterocycles. The van der Waals surface area contributed by atoms with E-state index in [0.29, 0.717) is 17.3 Å². The molecule has 0 aliphatic carbocycles. The average molecular weight is 280 g/mol. The number of aliphatic imine (C=N–C) groups is 1. The number of carbonyl (C=O) groups excluding carboxylic acids is 1. The largest absolute Gasteiger partial charge is 0.858 e. The molecule has 0 bridgehead atoms. The fourth-order valence-electron chi connectivity index (χ4n) is 1.21. The van der Waals surface area contributed by atoms with Gasteiger partial charge in [0.2, 0.25) is 5.12 Å². The Morgan fingerprint density at radius 1 is 1.26 bits per heavy atom. The Morgan fingerprint density at radius 3 is 2.37 bits per heavy atom. The van der Waals surface area contributed by atoms with E-state index in [-0.39, 0.29) is 0 Å². The van der Waals surface area contributed by atoms with E-state index in [4.69, 9.17) is 5.11 Å². The summed E-state index contributed by atoms with van der Waals surface area (Å²) in [7, 11) is 0. The second kappa shape index (κ2) is 6.94. The van der Waals surface area contributed by atoms with Gasteiger partial charge in [0, 0.05) is 0 Å². The molecule has 0 heterocycles. The molecule has 1 rings (SSSR count). The summed E-state index contributed by atoms with van der Waals surface area (Å²) in [5, 5.41) is 19.2. The summed E-state index contributed by atoms with van der Waals surface area (Å²) in [5.74, 6) is -1.55. The van der Waals surface area contributed by atoms with Crippen molar-refractivity contribution in [3.8, 4) is 0 Å². The Kier molecular flexibility index (Phi) is 5.57. The third kappa shape index (κ3) is 4.75. The molecule has 2 atom stereocenters. The lowest BCUT2D eigenvalue weighted by atomic mass is 10.2. The molecule has 6 heteroatoms. The molecule has 102 valence electrons. The summed E-state index contributed by atoms with van der Waals surface area (Å²) in [6.45, 7) is 2.89. The molecule has 0 radical (unpaired) electrons. The number of hydrogen-bond donors (Lipinski definition) is 1. The first-order valence-electron chi connectivity index (χ1n) is 5.65. The van der Waals surface area contributed by atoms with Crippen molar-refractivity contribution in [2.45, 2.75) is 25.1 Å². The zero-order chi connectivity index (χ0) is 14.4. The molecule has 0 aliphatic heterocycles. The van der Waals surface area contributed by atoms with Crippen LogP contribution in [0.4, 0.5) is 0 Å². The van der Waals surface area contributed by atoms with Gasteiger partial charge in [0.25, 0.3) is 0 Å². The van der Waals surface area contributed by atoms with Crippen molar-refractivity contribution in [1.29, 1.82) is 0 Å². The summed E-state index contributed by atoms with van der Waals surface area (Å²) in [5.41, 5.74) is 0.401. The predicted molar refractivity (Wildman–Crippen MR) is 72.1 cm³/mol. The normalized spacial score (nSPS) is 14.7. The van der Waals surface area contributed by atoms with Gasteiger partial charge in [0.05, 0.1) is 0 Å². The number of thioether (sulfide) groups is 1. The first kappa shape index (κ1) is 15.2. The van der Waals surface area contributed by atoms with Crippen molar-refractivity contribution in [3.63, 3.8) is 0 Å². The fourth-order valence-corrected chi connectivity index (χ4v) is 1.91. The SMILES string of the molecule is C[C@@H](N=C([O-])c1ccccc1)C(=O)S[C@H](C)C(=O)O. The van der Waals surface area contributed by atoms with Gasteiger partial charge in [-0.1, -0.05) is 42.1 Å². The Morgan fingerprint density at radius 2 is 1.84 bits per heavy atom. The van der Waals surface area contributed by atoms with E-state index in [1.807, 2.05) is 0 Å². The zero-order valence-electron chi connectivity index (χ0n) is 10.6. The Bertz CT molecular complexity index is 487. The topological polar surface area (TPSA) is 89.8 Å². The minimum Gasteiger partial charge on any atom is -0.858 e. The summed E-state index contributed by atoms with van der Waals surface area (Å²) in [6.07, 6.45) is 0. The van der Waals surface area contributed by atoms with Crippen LogP contribution < -0.4 is 5.11 Å². The number of benzene rings is 1. The molecule has 1 aromatic carbocycles. The summed E-state index contributed by atoms with van der Waals surface area (Å²) >= 11 is 0.669. The van der Waals surface area contributed by atoms with E-state index >= 15 is 0 Å². The maximum absolute atomic E-state index is 11.7. The fraction of sp³-hybridized carbons (Fsp3) is 0.308. The monoisotopic (exact) mass is 280 g/mol. The zero-order valence-corrected chi connectivity index (χ0v) is 11.4. The highest BCUT2D eigenvalue weighted by molar-refractivity contribution is 8.14. The molecule has 5 nitrogen and oxygen atoms in total. The van der Waals surface area contributed by atoms with Crippen LogP contribution in [-0.4, -0.2) is 33.4 Å². The van der Waals surface area contributed by atoms with Crippen molar-refractivity contribution < 1.29 is 19.8 Å². The number of rotatable bonds is 5. The van der Waals surface area contributed by atoms with Gasteiger partial charge in [-0.2, -0.15) is 0 Å². The van der Waals surface area contributed by atoms with Gasteiger partial charge in [-0.15, -0.1) is 0 Å². The van der Waals surface area contributed by atoms with Gasteiger partial charge >= 0.3 is 5.97 Å². The van der Waals surface area contributed by atoms with E-state index in [1.165, 1.54) is 13.8 Å². The Hall–Kier alpha value is -1.82. The molecule has 1 aromatic rings. The van der Waals surface area contributed by atoms with Crippen LogP contribution in [0, 0.1) is 0 Å². The van der Waals surface area contributed by atoms with Gasteiger partial charge in [-0.05, 0) is 25.3 Å². The quantitative estimate of drug-likeness (QED) is 0.639. The number of carbonyl (C=O) groups is 2. The lowest BCUT2D eigenvalue weighted by Crippen LogP contribution is -2.25. The van der Waals surface area contributed by atoms with Crippen molar-refractivity contribution in [2.75, 3.05) is 0 Å². The summed E-state index contributed by atoms with van der Waals surface area (Å²) in [4.78, 5) is 26.1. The third-order valence-corrected chi connectivity index (χ3v) is 3.44. The molecule has 0 saturated heterocycles. The second-order valence-corrected chi connectivity index (χ2v) is 5.24. The number of aliphatic carboxylic acids is 1. The highest BCUT2D eigenvalue weighted by atomic mass is 32.2. The molecule has 0 spiro atoms. The van der Waals surface area contributed by atoms with Crippen LogP contribution in [0.1, 0.15) is 19.4 Å². The van der Waals surface area contributed by atoms with Crippen LogP contribution in [0.3, 0.4) is 0 Å². The second-order valence-electron chi connectivity index (χ2n) is 3.89. The first-order valence-corrected chi connectivity index (χ1v) is 6.53. The van der Waals surface area contributed by atoms with E-state index < -0.39 is 28.3 Å². The van der Waals surface area contributed by atoms with Gasteiger partial charge in [0.1, 0.15) is 11.3 Å². The lowest BCUT2D eigenvalue weighted by Gasteiger charge is -2.14. The Balaban J connectivity index is 2.70. The summed E-state index contributed by atoms with van der Waals surface area (Å²) in [6, 6.07) is 7.54. The van der Waals surface area contributed by atoms with Gasteiger partial charge in [-0.25, -0.2) is 0 Å². The van der Waals surface area contributed by atoms with Crippen molar-refractivity contribution in [2.24, 2.45) is 4.99 Å². The third-order valence-electron chi connectivity index (χ3n) is 2.31. The predicted octanol–water partition coefficient (Wildman–Crippen LogP) is 0.915. The highest BCUT2D eigenvalue weighted by Crippen LogP contribution is 2.15. The molecule has 0 fully saturated rings. The number of hydrogen-bond acceptors (Lipinski definition) is 5. The van der Waals surface area contributed by atoms with Gasteiger partial charge in [0.15, 0.2) is 0 Å². The highest BCUT2D eigenvalue weighted by Gasteiger charge is 2.20. The van der Waals surface area contributed by atoms with Crippen LogP contribution in [0.15, 0.2) is 35.3 Å². The van der Waals surface area contributed by atoms with Crippen LogP contribution in [-0.2, 0) is 9.59 Å². The minimum atomic E-state index is -1.07. The van der Waals surface area contributed by atoms with E-state index in [1.54, 1.807) is 30.3 Å². The van der Waals surface area contributed by atoms with Crippen LogP contribution >= 0.6 is 11.8 Å². The van der Waals surface area contributed by atoms with E-state index in [2.05, 4.69) is 4.99 Å². The average Bonchev–Trinajstić information content (AvgIpc) is 2.39.